The topological polar surface area (TPSA) is 169 Å². The molecule has 1 aliphatic heterocycles. The number of aliphatic hydroxyl groups is 6. The van der Waals surface area contributed by atoms with Crippen LogP contribution in [0.15, 0.2) is 48.6 Å². The van der Waals surface area contributed by atoms with Gasteiger partial charge in [-0.2, -0.15) is 0 Å². The van der Waals surface area contributed by atoms with Gasteiger partial charge in [-0.1, -0.05) is 204 Å². The monoisotopic (exact) mass is 892 g/mol. The maximum absolute atomic E-state index is 13.1. The van der Waals surface area contributed by atoms with Gasteiger partial charge in [-0.25, -0.2) is 0 Å². The fourth-order valence-electron chi connectivity index (χ4n) is 7.97. The molecule has 0 aromatic rings. The Hall–Kier alpha value is -1.89. The van der Waals surface area contributed by atoms with E-state index in [2.05, 4.69) is 55.6 Å². The van der Waals surface area contributed by atoms with E-state index in [1.807, 2.05) is 6.08 Å². The van der Waals surface area contributed by atoms with Gasteiger partial charge in [-0.05, 0) is 64.2 Å². The lowest BCUT2D eigenvalue weighted by molar-refractivity contribution is -0.302. The SMILES string of the molecule is CCCCCCCCCC/C=C/CC/C=C/C(O)C(COC1OC(CO)C(O)C(O)C1O)NC(=O)C(O)CCCCCCCCCC/C=C\C/C=C\CCCCCCCCCCC. The molecular weight excluding hydrogens is 795 g/mol. The number of hydrogen-bond acceptors (Lipinski definition) is 9. The molecule has 0 aromatic heterocycles. The van der Waals surface area contributed by atoms with Gasteiger partial charge in [0, 0.05) is 0 Å². The molecule has 0 aromatic carbocycles. The first-order chi connectivity index (χ1) is 30.8. The lowest BCUT2D eigenvalue weighted by Gasteiger charge is -2.40. The Labute approximate surface area is 385 Å². The molecule has 0 saturated carbocycles. The molecule has 1 amide bonds. The van der Waals surface area contributed by atoms with Gasteiger partial charge >= 0.3 is 0 Å². The summed E-state index contributed by atoms with van der Waals surface area (Å²) in [6, 6.07) is -1.00. The van der Waals surface area contributed by atoms with E-state index >= 15 is 0 Å². The molecule has 63 heavy (non-hydrogen) atoms. The van der Waals surface area contributed by atoms with Crippen molar-refractivity contribution in [3.8, 4) is 0 Å². The summed E-state index contributed by atoms with van der Waals surface area (Å²) >= 11 is 0. The molecule has 0 bridgehead atoms. The fraction of sp³-hybridized carbons (Fsp3) is 0.830. The number of unbranched alkanes of at least 4 members (excludes halogenated alkanes) is 26. The first-order valence-corrected chi connectivity index (χ1v) is 26.0. The number of ether oxygens (including phenoxy) is 2. The van der Waals surface area contributed by atoms with Crippen LogP contribution in [0.1, 0.15) is 219 Å². The molecule has 8 atom stereocenters. The number of nitrogens with one attached hydrogen (secondary N) is 1. The van der Waals surface area contributed by atoms with E-state index in [0.717, 1.165) is 44.9 Å². The molecule has 1 heterocycles. The first-order valence-electron chi connectivity index (χ1n) is 26.0. The zero-order valence-electron chi connectivity index (χ0n) is 40.2. The van der Waals surface area contributed by atoms with Crippen LogP contribution in [0.5, 0.6) is 0 Å². The van der Waals surface area contributed by atoms with Crippen molar-refractivity contribution in [2.24, 2.45) is 0 Å². The van der Waals surface area contributed by atoms with Crippen LogP contribution < -0.4 is 5.32 Å². The zero-order chi connectivity index (χ0) is 46.0. The average Bonchev–Trinajstić information content (AvgIpc) is 3.28. The number of aliphatic hydroxyl groups excluding tert-OH is 6. The number of amides is 1. The molecule has 1 aliphatic rings. The minimum absolute atomic E-state index is 0.296. The highest BCUT2D eigenvalue weighted by atomic mass is 16.7. The highest BCUT2D eigenvalue weighted by Crippen LogP contribution is 2.23. The summed E-state index contributed by atoms with van der Waals surface area (Å²) in [5.41, 5.74) is 0. The standard InChI is InChI=1S/C53H97NO9/c1-3-5-7-9-11-13-15-17-19-20-21-22-23-24-25-26-27-28-30-32-34-36-38-40-42-47(57)52(61)54-45(44-62-53-51(60)50(59)49(58)48(43-55)63-53)46(56)41-39-37-35-33-31-29-18-16-14-12-10-8-6-4-2/h21-22,24-25,31,33,39,41,45-51,53,55-60H,3-20,23,26-30,32,34-38,40,42-44H2,1-2H3,(H,54,61)/b22-21-,25-24-,33-31+,41-39+. The Kier molecular flexibility index (Phi) is 40.1. The molecule has 10 heteroatoms. The number of hydrogen-bond donors (Lipinski definition) is 7. The molecule has 7 N–H and O–H groups in total. The number of rotatable bonds is 43. The number of carbonyl (C=O) groups excluding carboxylic acids is 1. The maximum Gasteiger partial charge on any atom is 0.249 e. The molecule has 0 radical (unpaired) electrons. The summed E-state index contributed by atoms with van der Waals surface area (Å²) in [6.45, 7) is 3.59. The minimum atomic E-state index is -1.62. The molecule has 368 valence electrons. The van der Waals surface area contributed by atoms with Gasteiger partial charge in [0.1, 0.15) is 30.5 Å². The van der Waals surface area contributed by atoms with E-state index < -0.39 is 61.5 Å². The van der Waals surface area contributed by atoms with Crippen molar-refractivity contribution in [3.05, 3.63) is 48.6 Å². The first kappa shape index (κ1) is 59.1. The molecule has 8 unspecified atom stereocenters. The Morgan fingerprint density at radius 3 is 1.48 bits per heavy atom. The van der Waals surface area contributed by atoms with Crippen LogP contribution in [0.3, 0.4) is 0 Å². The van der Waals surface area contributed by atoms with Crippen molar-refractivity contribution in [2.75, 3.05) is 13.2 Å². The maximum atomic E-state index is 13.1. The van der Waals surface area contributed by atoms with Crippen LogP contribution in [-0.2, 0) is 14.3 Å². The third-order valence-electron chi connectivity index (χ3n) is 12.2. The molecule has 1 saturated heterocycles. The van der Waals surface area contributed by atoms with Crippen LogP contribution >= 0.6 is 0 Å². The third kappa shape index (κ3) is 32.4. The second-order valence-electron chi connectivity index (χ2n) is 18.1. The second kappa shape index (κ2) is 42.7. The van der Waals surface area contributed by atoms with E-state index in [4.69, 9.17) is 9.47 Å². The van der Waals surface area contributed by atoms with Gasteiger partial charge in [0.05, 0.1) is 25.4 Å². The van der Waals surface area contributed by atoms with Crippen molar-refractivity contribution in [3.63, 3.8) is 0 Å². The van der Waals surface area contributed by atoms with Gasteiger partial charge in [-0.15, -0.1) is 0 Å². The van der Waals surface area contributed by atoms with Gasteiger partial charge < -0.3 is 45.4 Å². The quantitative estimate of drug-likeness (QED) is 0.0233. The van der Waals surface area contributed by atoms with Gasteiger partial charge in [0.25, 0.3) is 0 Å². The van der Waals surface area contributed by atoms with Crippen molar-refractivity contribution in [2.45, 2.75) is 268 Å². The van der Waals surface area contributed by atoms with Crippen LogP contribution in [0, 0.1) is 0 Å². The predicted molar refractivity (Wildman–Crippen MR) is 259 cm³/mol. The van der Waals surface area contributed by atoms with Gasteiger partial charge in [0.15, 0.2) is 6.29 Å². The Bertz CT molecular complexity index is 1140. The van der Waals surface area contributed by atoms with E-state index in [1.165, 1.54) is 141 Å². The lowest BCUT2D eigenvalue weighted by Crippen LogP contribution is -2.60. The summed E-state index contributed by atoms with van der Waals surface area (Å²) in [6.07, 6.45) is 44.9. The summed E-state index contributed by atoms with van der Waals surface area (Å²) in [4.78, 5) is 13.1. The van der Waals surface area contributed by atoms with Crippen LogP contribution in [-0.4, -0.2) is 98.7 Å². The van der Waals surface area contributed by atoms with E-state index in [0.29, 0.717) is 19.3 Å². The number of allylic oxidation sites excluding steroid dienone is 7. The highest BCUT2D eigenvalue weighted by Gasteiger charge is 2.44. The molecule has 0 spiro atoms. The Balaban J connectivity index is 2.33. The predicted octanol–water partition coefficient (Wildman–Crippen LogP) is 10.8. The van der Waals surface area contributed by atoms with Crippen LogP contribution in [0.2, 0.25) is 0 Å². The smallest absolute Gasteiger partial charge is 0.249 e. The van der Waals surface area contributed by atoms with Crippen LogP contribution in [0.4, 0.5) is 0 Å². The highest BCUT2D eigenvalue weighted by molar-refractivity contribution is 5.80. The third-order valence-corrected chi connectivity index (χ3v) is 12.2. The van der Waals surface area contributed by atoms with E-state index in [1.54, 1.807) is 6.08 Å². The average molecular weight is 892 g/mol. The zero-order valence-corrected chi connectivity index (χ0v) is 40.2. The number of carbonyl (C=O) groups is 1. The fourth-order valence-corrected chi connectivity index (χ4v) is 7.97. The van der Waals surface area contributed by atoms with Gasteiger partial charge in [-0.3, -0.25) is 4.79 Å². The summed E-state index contributed by atoms with van der Waals surface area (Å²) in [7, 11) is 0. The summed E-state index contributed by atoms with van der Waals surface area (Å²) in [5, 5.41) is 64.8. The van der Waals surface area contributed by atoms with Crippen molar-refractivity contribution >= 4 is 5.91 Å². The van der Waals surface area contributed by atoms with E-state index in [-0.39, 0.29) is 6.61 Å². The molecular formula is C53H97NO9. The summed E-state index contributed by atoms with van der Waals surface area (Å²) < 4.78 is 11.1. The van der Waals surface area contributed by atoms with Gasteiger partial charge in [0.2, 0.25) is 5.91 Å². The second-order valence-corrected chi connectivity index (χ2v) is 18.1. The summed E-state index contributed by atoms with van der Waals surface area (Å²) in [5.74, 6) is -0.632. The van der Waals surface area contributed by atoms with E-state index in [9.17, 15) is 35.4 Å². The Morgan fingerprint density at radius 1 is 0.556 bits per heavy atom. The largest absolute Gasteiger partial charge is 0.394 e. The Morgan fingerprint density at radius 2 is 0.984 bits per heavy atom. The minimum Gasteiger partial charge on any atom is -0.394 e. The molecule has 1 fully saturated rings. The van der Waals surface area contributed by atoms with Crippen molar-refractivity contribution in [1.29, 1.82) is 0 Å². The normalized spacial score (nSPS) is 21.0. The molecule has 1 rings (SSSR count). The lowest BCUT2D eigenvalue weighted by atomic mass is 9.99. The van der Waals surface area contributed by atoms with Crippen molar-refractivity contribution < 1.29 is 44.9 Å². The molecule has 10 nitrogen and oxygen atoms in total. The van der Waals surface area contributed by atoms with Crippen molar-refractivity contribution in [1.82, 2.24) is 5.32 Å². The molecule has 0 aliphatic carbocycles. The van der Waals surface area contributed by atoms with Crippen LogP contribution in [0.25, 0.3) is 0 Å².